The molecule has 96 valence electrons. The summed E-state index contributed by atoms with van der Waals surface area (Å²) in [5.74, 6) is 0.207. The number of rotatable bonds is 2. The number of nitrogens with zero attached hydrogens (tertiary/aromatic N) is 1. The maximum Gasteiger partial charge on any atom is 0.242 e. The topological polar surface area (TPSA) is 61.4 Å². The molecular formula is C12H21N3O2. The summed E-state index contributed by atoms with van der Waals surface area (Å²) in [6.07, 6.45) is 2.69. The molecule has 0 aliphatic carbocycles. The van der Waals surface area contributed by atoms with Crippen LogP contribution in [0.5, 0.6) is 0 Å². The number of hydrogen-bond acceptors (Lipinski definition) is 3. The summed E-state index contributed by atoms with van der Waals surface area (Å²) in [5, 5.41) is 6.07. The Bertz CT molecular complexity index is 300. The Morgan fingerprint density at radius 3 is 2.94 bits per heavy atom. The van der Waals surface area contributed by atoms with Crippen molar-refractivity contribution in [1.29, 1.82) is 0 Å². The molecule has 0 radical (unpaired) electrons. The van der Waals surface area contributed by atoms with Gasteiger partial charge in [0.05, 0.1) is 5.92 Å². The third kappa shape index (κ3) is 2.60. The molecule has 0 aromatic rings. The van der Waals surface area contributed by atoms with Crippen molar-refractivity contribution in [3.63, 3.8) is 0 Å². The lowest BCUT2D eigenvalue weighted by atomic mass is 9.96. The molecule has 17 heavy (non-hydrogen) atoms. The second-order valence-corrected chi connectivity index (χ2v) is 4.79. The summed E-state index contributed by atoms with van der Waals surface area (Å²) in [5.41, 5.74) is 0. The average molecular weight is 239 g/mol. The zero-order valence-electron chi connectivity index (χ0n) is 10.4. The molecule has 2 rings (SSSR count). The molecule has 2 saturated heterocycles. The van der Waals surface area contributed by atoms with Gasteiger partial charge in [-0.25, -0.2) is 0 Å². The zero-order chi connectivity index (χ0) is 12.3. The van der Waals surface area contributed by atoms with E-state index in [1.807, 2.05) is 6.92 Å². The number of nitrogens with one attached hydrogen (secondary N) is 2. The SMILES string of the molecule is CC[C@@H]1C(=O)NCCN1C(=O)[C@@H]1CCCNC1. The van der Waals surface area contributed by atoms with Crippen LogP contribution in [0.25, 0.3) is 0 Å². The zero-order valence-corrected chi connectivity index (χ0v) is 10.4. The molecular weight excluding hydrogens is 218 g/mol. The number of carbonyl (C=O) groups is 2. The number of piperidine rings is 1. The van der Waals surface area contributed by atoms with Crippen molar-refractivity contribution in [2.24, 2.45) is 5.92 Å². The Hall–Kier alpha value is -1.10. The molecule has 2 heterocycles. The van der Waals surface area contributed by atoms with Crippen LogP contribution >= 0.6 is 0 Å². The molecule has 2 amide bonds. The van der Waals surface area contributed by atoms with E-state index < -0.39 is 0 Å². The van der Waals surface area contributed by atoms with Gasteiger partial charge in [0.15, 0.2) is 0 Å². The van der Waals surface area contributed by atoms with E-state index in [2.05, 4.69) is 10.6 Å². The minimum atomic E-state index is -0.266. The van der Waals surface area contributed by atoms with E-state index in [0.717, 1.165) is 25.9 Å². The van der Waals surface area contributed by atoms with Crippen LogP contribution in [0.2, 0.25) is 0 Å². The molecule has 0 spiro atoms. The van der Waals surface area contributed by atoms with Gasteiger partial charge in [-0.1, -0.05) is 6.92 Å². The Balaban J connectivity index is 2.03. The average Bonchev–Trinajstić information content (AvgIpc) is 2.38. The minimum Gasteiger partial charge on any atom is -0.353 e. The number of carbonyl (C=O) groups excluding carboxylic acids is 2. The first kappa shape index (κ1) is 12.4. The van der Waals surface area contributed by atoms with Gasteiger partial charge in [0.2, 0.25) is 11.8 Å². The molecule has 5 nitrogen and oxygen atoms in total. The van der Waals surface area contributed by atoms with E-state index in [1.165, 1.54) is 0 Å². The van der Waals surface area contributed by atoms with Crippen molar-refractivity contribution in [2.75, 3.05) is 26.2 Å². The molecule has 5 heteroatoms. The molecule has 0 aromatic carbocycles. The van der Waals surface area contributed by atoms with Crippen molar-refractivity contribution < 1.29 is 9.59 Å². The molecule has 2 atom stereocenters. The van der Waals surface area contributed by atoms with Crippen molar-refractivity contribution in [2.45, 2.75) is 32.2 Å². The minimum absolute atomic E-state index is 0.00383. The van der Waals surface area contributed by atoms with Crippen LogP contribution in [0.15, 0.2) is 0 Å². The van der Waals surface area contributed by atoms with Crippen LogP contribution in [0, 0.1) is 5.92 Å². The lowest BCUT2D eigenvalue weighted by Crippen LogP contribution is -2.59. The van der Waals surface area contributed by atoms with Gasteiger partial charge < -0.3 is 15.5 Å². The van der Waals surface area contributed by atoms with E-state index in [1.54, 1.807) is 4.90 Å². The Labute approximate surface area is 102 Å². The van der Waals surface area contributed by atoms with E-state index in [-0.39, 0.29) is 23.8 Å². The highest BCUT2D eigenvalue weighted by Gasteiger charge is 2.35. The second kappa shape index (κ2) is 5.49. The van der Waals surface area contributed by atoms with Crippen LogP contribution in [0.4, 0.5) is 0 Å². The van der Waals surface area contributed by atoms with Gasteiger partial charge in [0.25, 0.3) is 0 Å². The number of hydrogen-bond donors (Lipinski definition) is 2. The molecule has 2 fully saturated rings. The normalized spacial score (nSPS) is 29.9. The molecule has 2 aliphatic heterocycles. The third-order valence-corrected chi connectivity index (χ3v) is 3.65. The second-order valence-electron chi connectivity index (χ2n) is 4.79. The van der Waals surface area contributed by atoms with E-state index in [4.69, 9.17) is 0 Å². The van der Waals surface area contributed by atoms with Gasteiger partial charge in [0.1, 0.15) is 6.04 Å². The van der Waals surface area contributed by atoms with Crippen LogP contribution < -0.4 is 10.6 Å². The Morgan fingerprint density at radius 1 is 1.47 bits per heavy atom. The molecule has 2 aliphatic rings. The fraction of sp³-hybridized carbons (Fsp3) is 0.833. The summed E-state index contributed by atoms with van der Waals surface area (Å²) in [6, 6.07) is -0.266. The quantitative estimate of drug-likeness (QED) is 0.697. The van der Waals surface area contributed by atoms with Crippen molar-refractivity contribution in [3.05, 3.63) is 0 Å². The summed E-state index contributed by atoms with van der Waals surface area (Å²) in [6.45, 7) is 4.95. The summed E-state index contributed by atoms with van der Waals surface area (Å²) < 4.78 is 0. The fourth-order valence-corrected chi connectivity index (χ4v) is 2.68. The van der Waals surface area contributed by atoms with Crippen molar-refractivity contribution in [3.8, 4) is 0 Å². The van der Waals surface area contributed by atoms with Gasteiger partial charge in [-0.2, -0.15) is 0 Å². The molecule has 2 N–H and O–H groups in total. The maximum absolute atomic E-state index is 12.4. The predicted molar refractivity (Wildman–Crippen MR) is 64.4 cm³/mol. The largest absolute Gasteiger partial charge is 0.353 e. The standard InChI is InChI=1S/C12H21N3O2/c1-2-10-11(16)14-6-7-15(10)12(17)9-4-3-5-13-8-9/h9-10,13H,2-8H2,1H3,(H,14,16)/t9-,10-/m1/s1. The van der Waals surface area contributed by atoms with Crippen LogP contribution in [-0.2, 0) is 9.59 Å². The highest BCUT2D eigenvalue weighted by Crippen LogP contribution is 2.17. The smallest absolute Gasteiger partial charge is 0.242 e. The first-order valence-electron chi connectivity index (χ1n) is 6.53. The van der Waals surface area contributed by atoms with E-state index >= 15 is 0 Å². The predicted octanol–water partition coefficient (Wildman–Crippen LogP) is -0.277. The molecule has 0 bridgehead atoms. The van der Waals surface area contributed by atoms with Crippen molar-refractivity contribution in [1.82, 2.24) is 15.5 Å². The van der Waals surface area contributed by atoms with Gasteiger partial charge in [-0.15, -0.1) is 0 Å². The Morgan fingerprint density at radius 2 is 2.29 bits per heavy atom. The lowest BCUT2D eigenvalue weighted by molar-refractivity contribution is -0.146. The first-order valence-corrected chi connectivity index (χ1v) is 6.53. The first-order chi connectivity index (χ1) is 8.24. The van der Waals surface area contributed by atoms with Crippen LogP contribution in [0.3, 0.4) is 0 Å². The molecule has 0 aromatic heterocycles. The van der Waals surface area contributed by atoms with Gasteiger partial charge in [0, 0.05) is 19.6 Å². The monoisotopic (exact) mass is 239 g/mol. The van der Waals surface area contributed by atoms with Crippen LogP contribution in [-0.4, -0.2) is 48.9 Å². The highest BCUT2D eigenvalue weighted by molar-refractivity contribution is 5.89. The van der Waals surface area contributed by atoms with E-state index in [0.29, 0.717) is 19.5 Å². The third-order valence-electron chi connectivity index (χ3n) is 3.65. The fourth-order valence-electron chi connectivity index (χ4n) is 2.68. The molecule has 0 unspecified atom stereocenters. The van der Waals surface area contributed by atoms with Gasteiger partial charge in [-0.3, -0.25) is 9.59 Å². The summed E-state index contributed by atoms with van der Waals surface area (Å²) in [7, 11) is 0. The van der Waals surface area contributed by atoms with Gasteiger partial charge in [-0.05, 0) is 25.8 Å². The number of amides is 2. The number of piperazine rings is 1. The van der Waals surface area contributed by atoms with Crippen molar-refractivity contribution >= 4 is 11.8 Å². The highest BCUT2D eigenvalue weighted by atomic mass is 16.2. The summed E-state index contributed by atoms with van der Waals surface area (Å²) >= 11 is 0. The Kier molecular flexibility index (Phi) is 3.99. The van der Waals surface area contributed by atoms with Gasteiger partial charge >= 0.3 is 0 Å². The molecule has 0 saturated carbocycles. The maximum atomic E-state index is 12.4. The lowest BCUT2D eigenvalue weighted by Gasteiger charge is -2.37. The summed E-state index contributed by atoms with van der Waals surface area (Å²) in [4.78, 5) is 25.9. The van der Waals surface area contributed by atoms with E-state index in [9.17, 15) is 9.59 Å². The van der Waals surface area contributed by atoms with Crippen LogP contribution in [0.1, 0.15) is 26.2 Å².